The number of imide groups is 2. The molecule has 4 aromatic rings. The largest absolute Gasteiger partial charge is 0.508 e. The van der Waals surface area contributed by atoms with E-state index in [-0.39, 0.29) is 69.1 Å². The smallest absolute Gasteiger partial charge is 0.416 e. The normalized spacial score (nSPS) is 25.1. The number of anilines is 2. The first-order valence-electron chi connectivity index (χ1n) is 17.6. The van der Waals surface area contributed by atoms with Crippen LogP contribution in [0.2, 0.25) is 0 Å². The summed E-state index contributed by atoms with van der Waals surface area (Å²) in [5.41, 5.74) is -9.29. The summed E-state index contributed by atoms with van der Waals surface area (Å²) >= 11 is 0. The van der Waals surface area contributed by atoms with Gasteiger partial charge in [0.15, 0.2) is 0 Å². The minimum absolute atomic E-state index is 0.0168. The minimum atomic E-state index is -5.37. The van der Waals surface area contributed by atoms with E-state index in [1.807, 2.05) is 0 Å². The zero-order valence-corrected chi connectivity index (χ0v) is 29.4. The van der Waals surface area contributed by atoms with Gasteiger partial charge < -0.3 is 5.11 Å². The van der Waals surface area contributed by atoms with Gasteiger partial charge in [0, 0.05) is 11.5 Å². The molecule has 6 unspecified atom stereocenters. The number of hydrogen-bond acceptors (Lipinski definition) is 5. The standard InChI is InChI=1S/C40H24F12N2O5/c41-37(42,43)17-9-18(38(44,45)46)12-21(11-17)53-33(56)25-7-6-24-26(29(25)35(53)58)15-27-32(31(24)30-23-4-2-1-3-16(23)5-8-28(30)55)36(59)54(34(27)57)22-13-19(39(47,48)49)10-20(14-22)40(50,51)52/h1-6,8-14,25-27,29,31-32,55H,7,15H2. The molecule has 4 aliphatic rings. The molecule has 7 nitrogen and oxygen atoms in total. The first kappa shape index (κ1) is 39.9. The molecule has 6 atom stereocenters. The third-order valence-corrected chi connectivity index (χ3v) is 11.6. The van der Waals surface area contributed by atoms with E-state index in [9.17, 15) is 77.0 Å². The van der Waals surface area contributed by atoms with Gasteiger partial charge in [0.2, 0.25) is 23.6 Å². The predicted molar refractivity (Wildman–Crippen MR) is 181 cm³/mol. The van der Waals surface area contributed by atoms with Gasteiger partial charge in [-0.3, -0.25) is 19.2 Å². The van der Waals surface area contributed by atoms with Crippen LogP contribution in [0.15, 0.2) is 84.4 Å². The summed E-state index contributed by atoms with van der Waals surface area (Å²) in [5, 5.41) is 12.2. The molecule has 0 bridgehead atoms. The molecule has 8 rings (SSSR count). The molecule has 0 aromatic heterocycles. The molecule has 1 saturated carbocycles. The van der Waals surface area contributed by atoms with Crippen LogP contribution in [-0.4, -0.2) is 28.7 Å². The van der Waals surface area contributed by atoms with Gasteiger partial charge in [-0.25, -0.2) is 9.80 Å². The van der Waals surface area contributed by atoms with E-state index < -0.39 is 130 Å². The summed E-state index contributed by atoms with van der Waals surface area (Å²) in [5.74, 6) is -14.4. The highest BCUT2D eigenvalue weighted by atomic mass is 19.4. The molecule has 2 heterocycles. The SMILES string of the molecule is O=C1C2CC=C3C(CC4C(=O)N(c5cc(C(F)(F)F)cc(C(F)(F)F)c5)C(=O)C4C3c3c(O)ccc4ccccc34)C2C(=O)N1c1cc(C(F)(F)F)cc(C(F)(F)F)c1. The molecule has 59 heavy (non-hydrogen) atoms. The molecule has 4 amide bonds. The van der Waals surface area contributed by atoms with Crippen LogP contribution in [0.3, 0.4) is 0 Å². The molecule has 2 aliphatic carbocycles. The number of phenols is 1. The van der Waals surface area contributed by atoms with E-state index in [0.29, 0.717) is 5.39 Å². The third kappa shape index (κ3) is 6.39. The van der Waals surface area contributed by atoms with Crippen LogP contribution >= 0.6 is 0 Å². The van der Waals surface area contributed by atoms with Crippen LogP contribution < -0.4 is 9.80 Å². The fraction of sp³-hybridized carbons (Fsp3) is 0.300. The number of fused-ring (bicyclic) bond motifs is 5. The molecule has 1 N–H and O–H groups in total. The highest BCUT2D eigenvalue weighted by molar-refractivity contribution is 6.24. The maximum Gasteiger partial charge on any atom is 0.416 e. The van der Waals surface area contributed by atoms with Gasteiger partial charge in [-0.15, -0.1) is 0 Å². The van der Waals surface area contributed by atoms with Crippen molar-refractivity contribution >= 4 is 45.8 Å². The summed E-state index contributed by atoms with van der Waals surface area (Å²) in [4.78, 5) is 57.4. The Hall–Kier alpha value is -5.88. The number of aromatic hydroxyl groups is 1. The molecular formula is C40H24F12N2O5. The number of halogens is 12. The van der Waals surface area contributed by atoms with Crippen molar-refractivity contribution in [3.63, 3.8) is 0 Å². The summed E-state index contributed by atoms with van der Waals surface area (Å²) in [6.07, 6.45) is -21.0. The second-order valence-electron chi connectivity index (χ2n) is 14.8. The van der Waals surface area contributed by atoms with Crippen molar-refractivity contribution in [2.75, 3.05) is 9.80 Å². The summed E-state index contributed by atoms with van der Waals surface area (Å²) < 4.78 is 167. The van der Waals surface area contributed by atoms with Crippen LogP contribution in [0.25, 0.3) is 10.8 Å². The van der Waals surface area contributed by atoms with E-state index in [2.05, 4.69) is 0 Å². The van der Waals surface area contributed by atoms with E-state index in [4.69, 9.17) is 0 Å². The number of carbonyl (C=O) groups excluding carboxylic acids is 4. The average molecular weight is 841 g/mol. The highest BCUT2D eigenvalue weighted by Gasteiger charge is 2.63. The zero-order chi connectivity index (χ0) is 42.9. The van der Waals surface area contributed by atoms with Crippen LogP contribution in [0.1, 0.15) is 46.6 Å². The fourth-order valence-corrected chi connectivity index (χ4v) is 9.16. The van der Waals surface area contributed by atoms with Gasteiger partial charge in [0.25, 0.3) is 0 Å². The van der Waals surface area contributed by atoms with Crippen LogP contribution in [0, 0.1) is 29.6 Å². The number of nitrogens with zero attached hydrogens (tertiary/aromatic N) is 2. The van der Waals surface area contributed by atoms with Gasteiger partial charge in [-0.1, -0.05) is 42.0 Å². The Morgan fingerprint density at radius 3 is 1.47 bits per heavy atom. The van der Waals surface area contributed by atoms with Crippen molar-refractivity contribution in [1.82, 2.24) is 0 Å². The van der Waals surface area contributed by atoms with Gasteiger partial charge in [0.1, 0.15) is 5.75 Å². The van der Waals surface area contributed by atoms with E-state index >= 15 is 0 Å². The van der Waals surface area contributed by atoms with Gasteiger partial charge in [0.05, 0.1) is 57.3 Å². The van der Waals surface area contributed by atoms with Crippen molar-refractivity contribution < 1.29 is 77.0 Å². The van der Waals surface area contributed by atoms with Crippen molar-refractivity contribution in [2.45, 2.75) is 43.5 Å². The van der Waals surface area contributed by atoms with Crippen molar-refractivity contribution in [3.8, 4) is 5.75 Å². The summed E-state index contributed by atoms with van der Waals surface area (Å²) in [6.45, 7) is 0. The molecule has 2 saturated heterocycles. The van der Waals surface area contributed by atoms with E-state index in [0.717, 1.165) is 0 Å². The van der Waals surface area contributed by atoms with Crippen molar-refractivity contribution in [2.24, 2.45) is 29.6 Å². The fourth-order valence-electron chi connectivity index (χ4n) is 9.16. The monoisotopic (exact) mass is 840 g/mol. The molecule has 4 aromatic carbocycles. The molecule has 0 radical (unpaired) electrons. The molecule has 2 aliphatic heterocycles. The van der Waals surface area contributed by atoms with Gasteiger partial charge in [-0.05, 0) is 72.0 Å². The lowest BCUT2D eigenvalue weighted by Crippen LogP contribution is -2.43. The topological polar surface area (TPSA) is 95.0 Å². The number of amides is 4. The lowest BCUT2D eigenvalue weighted by molar-refractivity contribution is -0.144. The average Bonchev–Trinajstić information content (AvgIpc) is 3.55. The van der Waals surface area contributed by atoms with Crippen LogP contribution in [0.5, 0.6) is 5.75 Å². The van der Waals surface area contributed by atoms with E-state index in [1.54, 1.807) is 18.2 Å². The molecule has 308 valence electrons. The second-order valence-corrected chi connectivity index (χ2v) is 14.8. The zero-order valence-electron chi connectivity index (χ0n) is 29.4. The maximum absolute atomic E-state index is 14.5. The number of carbonyl (C=O) groups is 4. The van der Waals surface area contributed by atoms with Crippen LogP contribution in [0.4, 0.5) is 64.1 Å². The number of benzene rings is 4. The Balaban J connectivity index is 1.29. The summed E-state index contributed by atoms with van der Waals surface area (Å²) in [6, 6.07) is 9.42. The first-order valence-corrected chi connectivity index (χ1v) is 17.6. The number of allylic oxidation sites excluding steroid dienone is 2. The second kappa shape index (κ2) is 13.1. The van der Waals surface area contributed by atoms with Gasteiger partial charge in [-0.2, -0.15) is 52.7 Å². The van der Waals surface area contributed by atoms with Crippen LogP contribution in [-0.2, 0) is 43.9 Å². The van der Waals surface area contributed by atoms with Crippen molar-refractivity contribution in [3.05, 3.63) is 112 Å². The summed E-state index contributed by atoms with van der Waals surface area (Å²) in [7, 11) is 0. The maximum atomic E-state index is 14.5. The number of rotatable bonds is 3. The predicted octanol–water partition coefficient (Wildman–Crippen LogP) is 9.67. The highest BCUT2D eigenvalue weighted by Crippen LogP contribution is 2.60. The third-order valence-electron chi connectivity index (χ3n) is 11.6. The number of hydrogen-bond donors (Lipinski definition) is 1. The van der Waals surface area contributed by atoms with E-state index in [1.165, 1.54) is 24.3 Å². The lowest BCUT2D eigenvalue weighted by Gasteiger charge is -2.44. The minimum Gasteiger partial charge on any atom is -0.508 e. The molecule has 19 heteroatoms. The Morgan fingerprint density at radius 1 is 0.525 bits per heavy atom. The quantitative estimate of drug-likeness (QED) is 0.126. The Labute approximate surface area is 323 Å². The number of phenolic OH excluding ortho intramolecular Hbond substituents is 1. The first-order chi connectivity index (χ1) is 27.4. The molecular weight excluding hydrogens is 816 g/mol. The molecule has 3 fully saturated rings. The Morgan fingerprint density at radius 2 is 0.983 bits per heavy atom. The van der Waals surface area contributed by atoms with Crippen molar-refractivity contribution in [1.29, 1.82) is 0 Å². The Bertz CT molecular complexity index is 2460. The van der Waals surface area contributed by atoms with Gasteiger partial charge >= 0.3 is 24.7 Å². The number of alkyl halides is 12. The Kier molecular flexibility index (Phi) is 8.84. The molecule has 0 spiro atoms. The lowest BCUT2D eigenvalue weighted by atomic mass is 9.56.